The SMILES string of the molecule is c1cncc(-c2cccc(-n3c4ccccc4c4cc(-c5nnc(-c6ccc7c(c6)c6ccccc6n7-c6cccc(-c7cccnc7)n6)s5)ccc43)n2)c1. The van der Waals surface area contributed by atoms with Crippen LogP contribution in [-0.2, 0) is 0 Å². The van der Waals surface area contributed by atoms with Crippen molar-refractivity contribution in [1.29, 1.82) is 0 Å². The zero-order valence-electron chi connectivity index (χ0n) is 29.2. The lowest BCUT2D eigenvalue weighted by Gasteiger charge is -2.09. The smallest absolute Gasteiger partial charge is 0.148 e. The number of benzene rings is 4. The molecule has 8 nitrogen and oxygen atoms in total. The van der Waals surface area contributed by atoms with E-state index < -0.39 is 0 Å². The van der Waals surface area contributed by atoms with E-state index in [0.717, 1.165) is 98.9 Å². The molecule has 7 aromatic heterocycles. The number of hydrogen-bond acceptors (Lipinski definition) is 7. The summed E-state index contributed by atoms with van der Waals surface area (Å²) in [5.41, 5.74) is 10.1. The molecular formula is C46H28N8S. The summed E-state index contributed by atoms with van der Waals surface area (Å²) >= 11 is 1.60. The summed E-state index contributed by atoms with van der Waals surface area (Å²) in [6.07, 6.45) is 7.25. The topological polar surface area (TPSA) is 87.2 Å². The number of para-hydroxylation sites is 2. The second-order valence-electron chi connectivity index (χ2n) is 13.3. The molecule has 0 N–H and O–H groups in total. The highest BCUT2D eigenvalue weighted by atomic mass is 32.1. The van der Waals surface area contributed by atoms with Gasteiger partial charge >= 0.3 is 0 Å². The highest BCUT2D eigenvalue weighted by molar-refractivity contribution is 7.17. The third kappa shape index (κ3) is 5.20. The number of pyridine rings is 4. The Morgan fingerprint density at radius 3 is 1.33 bits per heavy atom. The number of aromatic nitrogens is 8. The van der Waals surface area contributed by atoms with Crippen LogP contribution in [0.1, 0.15) is 0 Å². The Kier molecular flexibility index (Phi) is 7.17. The second-order valence-corrected chi connectivity index (χ2v) is 14.3. The minimum atomic E-state index is 0.854. The van der Waals surface area contributed by atoms with Crippen LogP contribution in [0.25, 0.3) is 98.9 Å². The maximum atomic E-state index is 5.07. The summed E-state index contributed by atoms with van der Waals surface area (Å²) in [6, 6.07) is 50.2. The number of rotatable bonds is 6. The van der Waals surface area contributed by atoms with Gasteiger partial charge in [0.15, 0.2) is 0 Å². The summed E-state index contributed by atoms with van der Waals surface area (Å²) in [5, 5.41) is 15.7. The molecule has 0 radical (unpaired) electrons. The van der Waals surface area contributed by atoms with E-state index in [2.05, 4.69) is 128 Å². The van der Waals surface area contributed by atoms with Crippen molar-refractivity contribution in [1.82, 2.24) is 39.3 Å². The van der Waals surface area contributed by atoms with E-state index >= 15 is 0 Å². The van der Waals surface area contributed by atoms with Gasteiger partial charge in [0.05, 0.1) is 33.5 Å². The average Bonchev–Trinajstić information content (AvgIpc) is 3.97. The summed E-state index contributed by atoms with van der Waals surface area (Å²) in [5.74, 6) is 1.71. The van der Waals surface area contributed by atoms with Crippen molar-refractivity contribution < 1.29 is 0 Å². The molecule has 11 aromatic rings. The summed E-state index contributed by atoms with van der Waals surface area (Å²) in [6.45, 7) is 0. The predicted molar refractivity (Wildman–Crippen MR) is 222 cm³/mol. The third-order valence-corrected chi connectivity index (χ3v) is 11.1. The molecule has 0 unspecified atom stereocenters. The fraction of sp³-hybridized carbons (Fsp3) is 0. The lowest BCUT2D eigenvalue weighted by Crippen LogP contribution is -1.98. The van der Waals surface area contributed by atoms with E-state index in [0.29, 0.717) is 0 Å². The molecule has 0 aliphatic carbocycles. The van der Waals surface area contributed by atoms with Crippen LogP contribution < -0.4 is 0 Å². The van der Waals surface area contributed by atoms with Crippen molar-refractivity contribution in [3.05, 3.63) is 170 Å². The van der Waals surface area contributed by atoms with Gasteiger partial charge in [-0.15, -0.1) is 10.2 Å². The maximum absolute atomic E-state index is 5.07. The van der Waals surface area contributed by atoms with Crippen molar-refractivity contribution >= 4 is 54.9 Å². The number of fused-ring (bicyclic) bond motifs is 6. The Morgan fingerprint density at radius 1 is 0.382 bits per heavy atom. The van der Waals surface area contributed by atoms with E-state index in [-0.39, 0.29) is 0 Å². The Labute approximate surface area is 318 Å². The van der Waals surface area contributed by atoms with Crippen molar-refractivity contribution in [3.63, 3.8) is 0 Å². The quantitative estimate of drug-likeness (QED) is 0.170. The van der Waals surface area contributed by atoms with Crippen LogP contribution in [0.2, 0.25) is 0 Å². The maximum Gasteiger partial charge on any atom is 0.148 e. The van der Waals surface area contributed by atoms with E-state index in [1.165, 1.54) is 0 Å². The monoisotopic (exact) mass is 724 g/mol. The summed E-state index contributed by atoms with van der Waals surface area (Å²) in [7, 11) is 0. The molecule has 0 amide bonds. The number of hydrogen-bond donors (Lipinski definition) is 0. The van der Waals surface area contributed by atoms with Gasteiger partial charge in [-0.05, 0) is 97.1 Å². The van der Waals surface area contributed by atoms with Crippen LogP contribution in [0.4, 0.5) is 0 Å². The van der Waals surface area contributed by atoms with Gasteiger partial charge in [0.1, 0.15) is 21.7 Å². The van der Waals surface area contributed by atoms with E-state index in [1.807, 2.05) is 48.8 Å². The predicted octanol–water partition coefficient (Wildman–Crippen LogP) is 11.0. The summed E-state index contributed by atoms with van der Waals surface area (Å²) in [4.78, 5) is 18.7. The number of nitrogens with zero attached hydrogens (tertiary/aromatic N) is 8. The van der Waals surface area contributed by atoms with Crippen molar-refractivity contribution in [2.75, 3.05) is 0 Å². The van der Waals surface area contributed by atoms with Crippen LogP contribution in [0, 0.1) is 0 Å². The van der Waals surface area contributed by atoms with Crippen molar-refractivity contribution in [2.24, 2.45) is 0 Å². The fourth-order valence-electron chi connectivity index (χ4n) is 7.61. The van der Waals surface area contributed by atoms with Gasteiger partial charge in [-0.2, -0.15) is 0 Å². The Morgan fingerprint density at radius 2 is 0.855 bits per heavy atom. The molecule has 9 heteroatoms. The van der Waals surface area contributed by atoms with Gasteiger partial charge in [-0.25, -0.2) is 9.97 Å². The van der Waals surface area contributed by atoms with Gasteiger partial charge in [0.2, 0.25) is 0 Å². The average molecular weight is 725 g/mol. The van der Waals surface area contributed by atoms with Crippen LogP contribution in [-0.4, -0.2) is 39.3 Å². The van der Waals surface area contributed by atoms with Crippen LogP contribution in [0.15, 0.2) is 170 Å². The molecule has 0 saturated heterocycles. The molecule has 55 heavy (non-hydrogen) atoms. The molecule has 0 saturated carbocycles. The highest BCUT2D eigenvalue weighted by Crippen LogP contribution is 2.39. The van der Waals surface area contributed by atoms with Crippen molar-refractivity contribution in [2.45, 2.75) is 0 Å². The minimum absolute atomic E-state index is 0.854. The first kappa shape index (κ1) is 31.2. The Hall–Kier alpha value is -7.36. The first-order chi connectivity index (χ1) is 27.3. The zero-order valence-corrected chi connectivity index (χ0v) is 30.0. The first-order valence-electron chi connectivity index (χ1n) is 17.9. The molecular weight excluding hydrogens is 697 g/mol. The van der Waals surface area contributed by atoms with Crippen LogP contribution in [0.3, 0.4) is 0 Å². The minimum Gasteiger partial charge on any atom is -0.294 e. The third-order valence-electron chi connectivity index (χ3n) is 10.1. The largest absolute Gasteiger partial charge is 0.294 e. The van der Waals surface area contributed by atoms with E-state index in [4.69, 9.17) is 20.2 Å². The van der Waals surface area contributed by atoms with Gasteiger partial charge < -0.3 is 0 Å². The second kappa shape index (κ2) is 12.6. The normalized spacial score (nSPS) is 11.6. The highest BCUT2D eigenvalue weighted by Gasteiger charge is 2.18. The molecule has 0 atom stereocenters. The lowest BCUT2D eigenvalue weighted by atomic mass is 10.1. The Bertz CT molecular complexity index is 3000. The first-order valence-corrected chi connectivity index (χ1v) is 18.7. The molecule has 258 valence electrons. The van der Waals surface area contributed by atoms with Crippen LogP contribution >= 0.6 is 11.3 Å². The van der Waals surface area contributed by atoms with Gasteiger partial charge in [-0.3, -0.25) is 19.1 Å². The van der Waals surface area contributed by atoms with Gasteiger partial charge in [-0.1, -0.05) is 59.9 Å². The molecule has 0 aliphatic heterocycles. The van der Waals surface area contributed by atoms with E-state index in [1.54, 1.807) is 23.7 Å². The summed E-state index contributed by atoms with van der Waals surface area (Å²) < 4.78 is 4.46. The molecule has 0 aliphatic rings. The molecule has 0 spiro atoms. The molecule has 0 bridgehead atoms. The fourth-order valence-corrected chi connectivity index (χ4v) is 8.44. The molecule has 7 heterocycles. The van der Waals surface area contributed by atoms with Gasteiger partial charge in [0.25, 0.3) is 0 Å². The molecule has 11 rings (SSSR count). The zero-order chi connectivity index (χ0) is 36.3. The standard InChI is InChI=1S/C46H28N8S/c1-3-15-39-33(11-1)35-25-29(19-21-41(35)53(39)43-17-5-13-37(49-43)31-9-7-23-47-27-31)45-51-52-46(55-45)30-20-22-42-36(26-30)34-12-2-4-16-40(34)54(42)44-18-6-14-38(50-44)32-10-8-24-48-28-32/h1-28H. The van der Waals surface area contributed by atoms with Crippen molar-refractivity contribution in [3.8, 4) is 55.3 Å². The molecule has 0 fully saturated rings. The van der Waals surface area contributed by atoms with Gasteiger partial charge in [0, 0.05) is 68.6 Å². The Balaban J connectivity index is 0.984. The van der Waals surface area contributed by atoms with E-state index in [9.17, 15) is 0 Å². The molecule has 4 aromatic carbocycles. The van der Waals surface area contributed by atoms with Crippen LogP contribution in [0.5, 0.6) is 0 Å². The lowest BCUT2D eigenvalue weighted by molar-refractivity contribution is 1.08.